The Morgan fingerprint density at radius 3 is 2.56 bits per heavy atom. The normalized spacial score (nSPS) is 24.8. The third-order valence-electron chi connectivity index (χ3n) is 5.41. The molecule has 0 bridgehead atoms. The van der Waals surface area contributed by atoms with Gasteiger partial charge in [0.2, 0.25) is 5.91 Å². The number of hydrogen-bond acceptors (Lipinski definition) is 5. The van der Waals surface area contributed by atoms with Crippen molar-refractivity contribution in [2.45, 2.75) is 45.2 Å². The quantitative estimate of drug-likeness (QED) is 0.840. The molecule has 2 aliphatic rings. The summed E-state index contributed by atoms with van der Waals surface area (Å²) in [4.78, 5) is 23.6. The molecule has 6 nitrogen and oxygen atoms in total. The van der Waals surface area contributed by atoms with Crippen LogP contribution in [0.4, 0.5) is 5.82 Å². The number of rotatable bonds is 3. The van der Waals surface area contributed by atoms with Crippen LogP contribution < -0.4 is 4.90 Å². The van der Waals surface area contributed by atoms with E-state index in [1.165, 1.54) is 6.42 Å². The fourth-order valence-corrected chi connectivity index (χ4v) is 3.98. The predicted octanol–water partition coefficient (Wildman–Crippen LogP) is 1.86. The lowest BCUT2D eigenvalue weighted by Crippen LogP contribution is -2.54. The van der Waals surface area contributed by atoms with Crippen LogP contribution in [0.5, 0.6) is 0 Å². The SMILES string of the molecule is C[C@@H]1CCC[C@@H](C)N1C(=O)CN1CCN(c2cc(C#N)ccn2)CC1. The number of piperazine rings is 1. The highest BCUT2D eigenvalue weighted by molar-refractivity contribution is 5.79. The molecule has 0 radical (unpaired) electrons. The van der Waals surface area contributed by atoms with E-state index in [0.29, 0.717) is 24.2 Å². The van der Waals surface area contributed by atoms with Gasteiger partial charge in [0.15, 0.2) is 0 Å². The fourth-order valence-electron chi connectivity index (χ4n) is 3.98. The van der Waals surface area contributed by atoms with E-state index in [-0.39, 0.29) is 5.91 Å². The van der Waals surface area contributed by atoms with Gasteiger partial charge in [-0.25, -0.2) is 4.98 Å². The Labute approximate surface area is 150 Å². The summed E-state index contributed by atoms with van der Waals surface area (Å²) in [5.74, 6) is 1.11. The van der Waals surface area contributed by atoms with Gasteiger partial charge in [-0.3, -0.25) is 9.69 Å². The second-order valence-electron chi connectivity index (χ2n) is 7.21. The van der Waals surface area contributed by atoms with Gasteiger partial charge in [0.1, 0.15) is 5.82 Å². The van der Waals surface area contributed by atoms with E-state index in [2.05, 4.69) is 39.6 Å². The summed E-state index contributed by atoms with van der Waals surface area (Å²) in [5, 5.41) is 9.02. The molecule has 25 heavy (non-hydrogen) atoms. The molecule has 0 aromatic carbocycles. The van der Waals surface area contributed by atoms with Gasteiger partial charge in [-0.05, 0) is 45.2 Å². The van der Waals surface area contributed by atoms with Crippen molar-refractivity contribution in [1.82, 2.24) is 14.8 Å². The predicted molar refractivity (Wildman–Crippen MR) is 97.2 cm³/mol. The van der Waals surface area contributed by atoms with Gasteiger partial charge in [-0.1, -0.05) is 0 Å². The first-order valence-corrected chi connectivity index (χ1v) is 9.23. The first-order valence-electron chi connectivity index (χ1n) is 9.23. The van der Waals surface area contributed by atoms with Gasteiger partial charge in [0, 0.05) is 44.5 Å². The molecule has 0 unspecified atom stereocenters. The molecular weight excluding hydrogens is 314 g/mol. The Morgan fingerprint density at radius 2 is 1.92 bits per heavy atom. The van der Waals surface area contributed by atoms with Crippen LogP contribution >= 0.6 is 0 Å². The average Bonchev–Trinajstić information content (AvgIpc) is 2.62. The van der Waals surface area contributed by atoms with Crippen molar-refractivity contribution in [1.29, 1.82) is 5.26 Å². The fraction of sp³-hybridized carbons (Fsp3) is 0.632. The molecule has 6 heteroatoms. The van der Waals surface area contributed by atoms with Crippen LogP contribution in [0, 0.1) is 11.3 Å². The topological polar surface area (TPSA) is 63.5 Å². The largest absolute Gasteiger partial charge is 0.354 e. The number of piperidine rings is 1. The van der Waals surface area contributed by atoms with E-state index in [1.54, 1.807) is 12.3 Å². The van der Waals surface area contributed by atoms with Gasteiger partial charge in [-0.2, -0.15) is 5.26 Å². The summed E-state index contributed by atoms with van der Waals surface area (Å²) in [7, 11) is 0. The van der Waals surface area contributed by atoms with Crippen LogP contribution in [0.15, 0.2) is 18.3 Å². The number of aromatic nitrogens is 1. The number of amides is 1. The minimum atomic E-state index is 0.262. The lowest BCUT2D eigenvalue weighted by atomic mass is 9.97. The molecule has 2 atom stereocenters. The van der Waals surface area contributed by atoms with Crippen molar-refractivity contribution in [2.75, 3.05) is 37.6 Å². The zero-order valence-corrected chi connectivity index (χ0v) is 15.2. The molecule has 2 saturated heterocycles. The van der Waals surface area contributed by atoms with Crippen LogP contribution in [-0.2, 0) is 4.79 Å². The minimum Gasteiger partial charge on any atom is -0.354 e. The smallest absolute Gasteiger partial charge is 0.237 e. The van der Waals surface area contributed by atoms with E-state index >= 15 is 0 Å². The molecular formula is C19H27N5O. The average molecular weight is 341 g/mol. The van der Waals surface area contributed by atoms with E-state index in [4.69, 9.17) is 5.26 Å². The molecule has 0 N–H and O–H groups in total. The van der Waals surface area contributed by atoms with Crippen LogP contribution in [0.3, 0.4) is 0 Å². The van der Waals surface area contributed by atoms with Gasteiger partial charge in [0.05, 0.1) is 18.2 Å². The van der Waals surface area contributed by atoms with Gasteiger partial charge in [-0.15, -0.1) is 0 Å². The van der Waals surface area contributed by atoms with Gasteiger partial charge < -0.3 is 9.80 Å². The molecule has 3 heterocycles. The maximum Gasteiger partial charge on any atom is 0.237 e. The molecule has 1 amide bonds. The summed E-state index contributed by atoms with van der Waals surface area (Å²) in [6.07, 6.45) is 5.14. The van der Waals surface area contributed by atoms with Crippen LogP contribution in [0.1, 0.15) is 38.7 Å². The summed E-state index contributed by atoms with van der Waals surface area (Å²) in [5.41, 5.74) is 0.635. The standard InChI is InChI=1S/C19H27N5O/c1-15-4-3-5-16(2)24(15)19(25)14-22-8-10-23(11-9-22)18-12-17(13-20)6-7-21-18/h6-7,12,15-16H,3-5,8-11,14H2,1-2H3/t15-,16-/m1/s1. The Morgan fingerprint density at radius 1 is 1.24 bits per heavy atom. The molecule has 3 rings (SSSR count). The molecule has 0 spiro atoms. The lowest BCUT2D eigenvalue weighted by molar-refractivity contribution is -0.138. The first kappa shape index (κ1) is 17.7. The van der Waals surface area contributed by atoms with Crippen molar-refractivity contribution in [3.05, 3.63) is 23.9 Å². The maximum atomic E-state index is 12.7. The second-order valence-corrected chi connectivity index (χ2v) is 7.21. The number of nitrogens with zero attached hydrogens (tertiary/aromatic N) is 5. The van der Waals surface area contributed by atoms with Gasteiger partial charge in [0.25, 0.3) is 0 Å². The van der Waals surface area contributed by atoms with E-state index in [0.717, 1.165) is 44.8 Å². The van der Waals surface area contributed by atoms with Gasteiger partial charge >= 0.3 is 0 Å². The number of likely N-dealkylation sites (tertiary alicyclic amines) is 1. The van der Waals surface area contributed by atoms with E-state index in [1.807, 2.05) is 6.07 Å². The number of carbonyl (C=O) groups excluding carboxylic acids is 1. The van der Waals surface area contributed by atoms with E-state index < -0.39 is 0 Å². The molecule has 2 aliphatic heterocycles. The Bertz CT molecular complexity index is 637. The number of carbonyl (C=O) groups is 1. The number of nitriles is 1. The van der Waals surface area contributed by atoms with Crippen molar-refractivity contribution in [3.8, 4) is 6.07 Å². The third-order valence-corrected chi connectivity index (χ3v) is 5.41. The number of pyridine rings is 1. The molecule has 0 aliphatic carbocycles. The van der Waals surface area contributed by atoms with Crippen molar-refractivity contribution < 1.29 is 4.79 Å². The highest BCUT2D eigenvalue weighted by Gasteiger charge is 2.30. The Kier molecular flexibility index (Phi) is 5.54. The summed E-state index contributed by atoms with van der Waals surface area (Å²) in [6.45, 7) is 8.20. The monoisotopic (exact) mass is 341 g/mol. The lowest BCUT2D eigenvalue weighted by Gasteiger charge is -2.41. The highest BCUT2D eigenvalue weighted by Crippen LogP contribution is 2.23. The molecule has 2 fully saturated rings. The number of anilines is 1. The second kappa shape index (κ2) is 7.83. The molecule has 134 valence electrons. The van der Waals surface area contributed by atoms with E-state index in [9.17, 15) is 4.79 Å². The Balaban J connectivity index is 1.54. The number of hydrogen-bond donors (Lipinski definition) is 0. The van der Waals surface area contributed by atoms with Crippen molar-refractivity contribution >= 4 is 11.7 Å². The maximum absolute atomic E-state index is 12.7. The third kappa shape index (κ3) is 4.10. The zero-order valence-electron chi connectivity index (χ0n) is 15.2. The molecule has 1 aromatic rings. The summed E-state index contributed by atoms with van der Waals surface area (Å²) < 4.78 is 0. The van der Waals surface area contributed by atoms with Crippen LogP contribution in [0.25, 0.3) is 0 Å². The first-order chi connectivity index (χ1) is 12.1. The van der Waals surface area contributed by atoms with Crippen molar-refractivity contribution in [2.24, 2.45) is 0 Å². The summed E-state index contributed by atoms with van der Waals surface area (Å²) >= 11 is 0. The van der Waals surface area contributed by atoms with Crippen LogP contribution in [-0.4, -0.2) is 65.5 Å². The highest BCUT2D eigenvalue weighted by atomic mass is 16.2. The van der Waals surface area contributed by atoms with Crippen LogP contribution in [0.2, 0.25) is 0 Å². The zero-order chi connectivity index (χ0) is 17.8. The Hall–Kier alpha value is -2.13. The molecule has 0 saturated carbocycles. The molecule has 1 aromatic heterocycles. The van der Waals surface area contributed by atoms with Crippen molar-refractivity contribution in [3.63, 3.8) is 0 Å². The minimum absolute atomic E-state index is 0.262. The summed E-state index contributed by atoms with van der Waals surface area (Å²) in [6, 6.07) is 6.43.